The Labute approximate surface area is 202 Å². The van der Waals surface area contributed by atoms with Crippen LogP contribution in [-0.4, -0.2) is 39.7 Å². The van der Waals surface area contributed by atoms with Crippen molar-refractivity contribution < 1.29 is 21.6 Å². The summed E-state index contributed by atoms with van der Waals surface area (Å²) in [5, 5.41) is 0.416. The van der Waals surface area contributed by atoms with Gasteiger partial charge in [0.25, 0.3) is 5.91 Å². The van der Waals surface area contributed by atoms with Crippen LogP contribution < -0.4 is 4.90 Å². The number of fused-ring (bicyclic) bond motifs is 1. The fourth-order valence-corrected chi connectivity index (χ4v) is 5.97. The maximum absolute atomic E-state index is 13.5. The number of hydrogen-bond acceptors (Lipinski definition) is 7. The minimum atomic E-state index is -3.38. The van der Waals surface area contributed by atoms with Crippen LogP contribution in [0, 0.1) is 0 Å². The molecule has 1 aromatic heterocycles. The maximum atomic E-state index is 13.5. The third-order valence-corrected chi connectivity index (χ3v) is 9.18. The fourth-order valence-electron chi connectivity index (χ4n) is 3.36. The normalized spacial score (nSPS) is 12.1. The lowest BCUT2D eigenvalue weighted by Gasteiger charge is -2.20. The standard InChI is InChI=1S/C24H22N2O5S3/c1-3-34(30,31)19-11-9-18(10-12-19)23(27)26(16-17-7-5-4-6-8-17)24-25-21-14-13-20(33(2,28)29)15-22(21)32-24/h4-15H,3,16H2,1-2H3. The van der Waals surface area contributed by atoms with E-state index >= 15 is 0 Å². The van der Waals surface area contributed by atoms with E-state index < -0.39 is 19.7 Å². The monoisotopic (exact) mass is 514 g/mol. The summed E-state index contributed by atoms with van der Waals surface area (Å²) in [6.45, 7) is 1.81. The molecule has 0 atom stereocenters. The third kappa shape index (κ3) is 5.03. The lowest BCUT2D eigenvalue weighted by molar-refractivity contribution is 0.0985. The smallest absolute Gasteiger partial charge is 0.260 e. The second kappa shape index (κ2) is 9.28. The summed E-state index contributed by atoms with van der Waals surface area (Å²) in [7, 11) is -6.76. The van der Waals surface area contributed by atoms with Crippen molar-refractivity contribution in [2.45, 2.75) is 23.3 Å². The van der Waals surface area contributed by atoms with Gasteiger partial charge in [0.1, 0.15) is 0 Å². The van der Waals surface area contributed by atoms with Crippen LogP contribution in [0.1, 0.15) is 22.8 Å². The number of thiazole rings is 1. The average Bonchev–Trinajstić information content (AvgIpc) is 3.25. The van der Waals surface area contributed by atoms with Gasteiger partial charge in [-0.1, -0.05) is 48.6 Å². The molecule has 0 fully saturated rings. The molecule has 3 aromatic carbocycles. The summed E-state index contributed by atoms with van der Waals surface area (Å²) in [6, 6.07) is 20.0. The first-order valence-corrected chi connectivity index (χ1v) is 14.7. The van der Waals surface area contributed by atoms with Crippen molar-refractivity contribution in [3.05, 3.63) is 83.9 Å². The van der Waals surface area contributed by atoms with Gasteiger partial charge in [-0.3, -0.25) is 9.69 Å². The molecule has 176 valence electrons. The van der Waals surface area contributed by atoms with Crippen molar-refractivity contribution in [3.8, 4) is 0 Å². The highest BCUT2D eigenvalue weighted by Gasteiger charge is 2.23. The Morgan fingerprint density at radius 1 is 0.912 bits per heavy atom. The molecule has 7 nitrogen and oxygen atoms in total. The minimum Gasteiger partial charge on any atom is -0.279 e. The van der Waals surface area contributed by atoms with Crippen LogP contribution in [0.15, 0.2) is 82.6 Å². The van der Waals surface area contributed by atoms with Gasteiger partial charge in [0.05, 0.1) is 32.3 Å². The van der Waals surface area contributed by atoms with Gasteiger partial charge in [-0.25, -0.2) is 21.8 Å². The van der Waals surface area contributed by atoms with E-state index in [9.17, 15) is 21.6 Å². The van der Waals surface area contributed by atoms with Gasteiger partial charge in [0.15, 0.2) is 24.8 Å². The first-order valence-electron chi connectivity index (χ1n) is 10.4. The zero-order valence-corrected chi connectivity index (χ0v) is 21.0. The molecular weight excluding hydrogens is 492 g/mol. The predicted octanol–water partition coefficient (Wildman–Crippen LogP) is 4.34. The molecule has 1 heterocycles. The molecule has 4 aromatic rings. The van der Waals surface area contributed by atoms with Crippen molar-refractivity contribution >= 4 is 52.3 Å². The largest absolute Gasteiger partial charge is 0.279 e. The zero-order valence-electron chi connectivity index (χ0n) is 18.5. The molecule has 0 spiro atoms. The number of carbonyl (C=O) groups excluding carboxylic acids is 1. The number of carbonyl (C=O) groups is 1. The van der Waals surface area contributed by atoms with Gasteiger partial charge in [0.2, 0.25) is 0 Å². The summed E-state index contributed by atoms with van der Waals surface area (Å²) < 4.78 is 48.8. The van der Waals surface area contributed by atoms with Crippen LogP contribution in [0.25, 0.3) is 10.2 Å². The van der Waals surface area contributed by atoms with Crippen LogP contribution in [0.4, 0.5) is 5.13 Å². The molecule has 34 heavy (non-hydrogen) atoms. The quantitative estimate of drug-likeness (QED) is 0.364. The highest BCUT2D eigenvalue weighted by atomic mass is 32.2. The number of sulfone groups is 2. The second-order valence-corrected chi connectivity index (χ2v) is 13.0. The first-order chi connectivity index (χ1) is 16.1. The van der Waals surface area contributed by atoms with E-state index in [0.717, 1.165) is 11.8 Å². The predicted molar refractivity (Wildman–Crippen MR) is 134 cm³/mol. The number of benzene rings is 3. The lowest BCUT2D eigenvalue weighted by atomic mass is 10.1. The van der Waals surface area contributed by atoms with Gasteiger partial charge in [0, 0.05) is 11.8 Å². The summed E-state index contributed by atoms with van der Waals surface area (Å²) >= 11 is 1.22. The highest BCUT2D eigenvalue weighted by molar-refractivity contribution is 7.91. The molecule has 1 amide bonds. The van der Waals surface area contributed by atoms with Crippen LogP contribution in [0.3, 0.4) is 0 Å². The Kier molecular flexibility index (Phi) is 6.57. The van der Waals surface area contributed by atoms with E-state index in [1.54, 1.807) is 19.1 Å². The Morgan fingerprint density at radius 3 is 2.18 bits per heavy atom. The first kappa shape index (κ1) is 24.1. The van der Waals surface area contributed by atoms with Crippen molar-refractivity contribution in [1.82, 2.24) is 4.98 Å². The van der Waals surface area contributed by atoms with E-state index in [4.69, 9.17) is 0 Å². The molecule has 0 N–H and O–H groups in total. The summed E-state index contributed by atoms with van der Waals surface area (Å²) in [6.07, 6.45) is 1.14. The molecule has 0 unspecified atom stereocenters. The van der Waals surface area contributed by atoms with Gasteiger partial charge in [-0.2, -0.15) is 0 Å². The molecule has 0 radical (unpaired) electrons. The van der Waals surface area contributed by atoms with E-state index in [0.29, 0.717) is 20.9 Å². The molecule has 0 aliphatic carbocycles. The number of anilines is 1. The van der Waals surface area contributed by atoms with Gasteiger partial charge in [-0.05, 0) is 48.0 Å². The topological polar surface area (TPSA) is 101 Å². The van der Waals surface area contributed by atoms with Gasteiger partial charge >= 0.3 is 0 Å². The summed E-state index contributed by atoms with van der Waals surface area (Å²) in [5.74, 6) is -0.367. The average molecular weight is 515 g/mol. The van der Waals surface area contributed by atoms with Gasteiger partial charge < -0.3 is 0 Å². The molecule has 10 heteroatoms. The number of nitrogens with zero attached hydrogens (tertiary/aromatic N) is 2. The molecule has 0 saturated carbocycles. The summed E-state index contributed by atoms with van der Waals surface area (Å²) in [4.78, 5) is 20.0. The van der Waals surface area contributed by atoms with Gasteiger partial charge in [-0.15, -0.1) is 0 Å². The van der Waals surface area contributed by atoms with Crippen molar-refractivity contribution in [1.29, 1.82) is 0 Å². The number of hydrogen-bond donors (Lipinski definition) is 0. The molecular formula is C24H22N2O5S3. The Hall–Kier alpha value is -3.08. The van der Waals surface area contributed by atoms with E-state index in [1.165, 1.54) is 46.6 Å². The Bertz CT molecular complexity index is 1560. The highest BCUT2D eigenvalue weighted by Crippen LogP contribution is 2.32. The zero-order chi connectivity index (χ0) is 24.5. The molecule has 4 rings (SSSR count). The molecule has 0 saturated heterocycles. The van der Waals surface area contributed by atoms with Crippen molar-refractivity contribution in [2.75, 3.05) is 16.9 Å². The van der Waals surface area contributed by atoms with E-state index in [-0.39, 0.29) is 28.0 Å². The molecule has 0 bridgehead atoms. The number of aromatic nitrogens is 1. The van der Waals surface area contributed by atoms with Crippen LogP contribution in [0.5, 0.6) is 0 Å². The fraction of sp³-hybridized carbons (Fsp3) is 0.167. The van der Waals surface area contributed by atoms with Crippen molar-refractivity contribution in [3.63, 3.8) is 0 Å². The summed E-state index contributed by atoms with van der Waals surface area (Å²) in [5.41, 5.74) is 1.79. The SMILES string of the molecule is CCS(=O)(=O)c1ccc(C(=O)N(Cc2ccccc2)c2nc3ccc(S(C)(=O)=O)cc3s2)cc1. The molecule has 0 aliphatic rings. The van der Waals surface area contributed by atoms with Crippen LogP contribution in [-0.2, 0) is 26.2 Å². The maximum Gasteiger partial charge on any atom is 0.260 e. The Morgan fingerprint density at radius 2 is 1.56 bits per heavy atom. The third-order valence-electron chi connectivity index (χ3n) is 5.28. The lowest BCUT2D eigenvalue weighted by Crippen LogP contribution is -2.30. The Balaban J connectivity index is 1.76. The number of amides is 1. The van der Waals surface area contributed by atoms with Crippen molar-refractivity contribution in [2.24, 2.45) is 0 Å². The minimum absolute atomic E-state index is 0.0262. The number of rotatable bonds is 7. The van der Waals surface area contributed by atoms with Crippen LogP contribution >= 0.6 is 11.3 Å². The second-order valence-electron chi connectivity index (χ2n) is 7.70. The van der Waals surface area contributed by atoms with E-state index in [2.05, 4.69) is 4.98 Å². The van der Waals surface area contributed by atoms with Crippen LogP contribution in [0.2, 0.25) is 0 Å². The molecule has 0 aliphatic heterocycles. The van der Waals surface area contributed by atoms with E-state index in [1.807, 2.05) is 30.3 Å².